The van der Waals surface area contributed by atoms with Gasteiger partial charge in [-0.3, -0.25) is 4.57 Å². The summed E-state index contributed by atoms with van der Waals surface area (Å²) >= 11 is 6.15. The van der Waals surface area contributed by atoms with Gasteiger partial charge in [0.05, 0.1) is 23.6 Å². The maximum Gasteiger partial charge on any atom is 0.167 e. The van der Waals surface area contributed by atoms with Crippen molar-refractivity contribution in [2.45, 2.75) is 13.0 Å². The van der Waals surface area contributed by atoms with Crippen LogP contribution in [0.15, 0.2) is 48.8 Å². The number of benzene rings is 1. The number of halogens is 2. The van der Waals surface area contributed by atoms with Crippen molar-refractivity contribution in [3.63, 3.8) is 0 Å². The molecule has 1 N–H and O–H groups in total. The lowest BCUT2D eigenvalue weighted by Gasteiger charge is -2.34. The summed E-state index contributed by atoms with van der Waals surface area (Å²) in [6, 6.07) is 10.4. The molecule has 0 bridgehead atoms. The van der Waals surface area contributed by atoms with Crippen LogP contribution in [0.4, 0.5) is 10.2 Å². The van der Waals surface area contributed by atoms with Crippen LogP contribution in [0.25, 0.3) is 28.2 Å². The molecule has 152 valence electrons. The number of piperazine rings is 1. The third-order valence-corrected chi connectivity index (χ3v) is 5.52. The van der Waals surface area contributed by atoms with Crippen LogP contribution in [0.1, 0.15) is 6.92 Å². The van der Waals surface area contributed by atoms with E-state index in [0.717, 1.165) is 25.5 Å². The van der Waals surface area contributed by atoms with Crippen molar-refractivity contribution < 1.29 is 4.39 Å². The smallest absolute Gasteiger partial charge is 0.167 e. The molecule has 30 heavy (non-hydrogen) atoms. The number of anilines is 1. The molecule has 0 radical (unpaired) electrons. The van der Waals surface area contributed by atoms with Crippen LogP contribution in [-0.4, -0.2) is 50.4 Å². The van der Waals surface area contributed by atoms with Crippen LogP contribution in [0.5, 0.6) is 0 Å². The Kier molecular flexibility index (Phi) is 4.80. The summed E-state index contributed by atoms with van der Waals surface area (Å²) in [6.45, 7) is 4.82. The van der Waals surface area contributed by atoms with E-state index in [1.54, 1.807) is 29.1 Å². The second-order valence-corrected chi connectivity index (χ2v) is 7.69. The maximum absolute atomic E-state index is 14.7. The summed E-state index contributed by atoms with van der Waals surface area (Å²) in [5.74, 6) is 0.864. The van der Waals surface area contributed by atoms with Gasteiger partial charge >= 0.3 is 0 Å². The van der Waals surface area contributed by atoms with E-state index >= 15 is 0 Å². The monoisotopic (exact) mass is 423 g/mol. The Hall–Kier alpha value is -3.10. The average Bonchev–Trinajstić information content (AvgIpc) is 3.15. The number of rotatable bonds is 3. The SMILES string of the molecule is CC1CNCCN1c1ccc2nc(-c3cc(Cl)ccc3F)n(-c3ccnnc3)c2n1. The summed E-state index contributed by atoms with van der Waals surface area (Å²) < 4.78 is 16.5. The molecule has 0 spiro atoms. The van der Waals surface area contributed by atoms with E-state index in [1.807, 2.05) is 12.1 Å². The topological polar surface area (TPSA) is 71.8 Å². The predicted molar refractivity (Wildman–Crippen MR) is 115 cm³/mol. The van der Waals surface area contributed by atoms with Crippen molar-refractivity contribution in [2.24, 2.45) is 0 Å². The van der Waals surface area contributed by atoms with Gasteiger partial charge in [-0.15, -0.1) is 0 Å². The van der Waals surface area contributed by atoms with Gasteiger partial charge in [-0.2, -0.15) is 10.2 Å². The second-order valence-electron chi connectivity index (χ2n) is 7.25. The van der Waals surface area contributed by atoms with Crippen LogP contribution < -0.4 is 10.2 Å². The van der Waals surface area contributed by atoms with Gasteiger partial charge in [0.2, 0.25) is 0 Å². The molecule has 1 saturated heterocycles. The van der Waals surface area contributed by atoms with Crippen molar-refractivity contribution in [1.29, 1.82) is 0 Å². The minimum atomic E-state index is -0.408. The fraction of sp³-hybridized carbons (Fsp3) is 0.238. The zero-order valence-electron chi connectivity index (χ0n) is 16.3. The zero-order chi connectivity index (χ0) is 20.7. The largest absolute Gasteiger partial charge is 0.351 e. The highest BCUT2D eigenvalue weighted by molar-refractivity contribution is 6.30. The van der Waals surface area contributed by atoms with Gasteiger partial charge in [-0.05, 0) is 43.3 Å². The molecule has 1 aliphatic rings. The van der Waals surface area contributed by atoms with Crippen molar-refractivity contribution >= 4 is 28.6 Å². The minimum Gasteiger partial charge on any atom is -0.351 e. The molecule has 3 aromatic heterocycles. The quantitative estimate of drug-likeness (QED) is 0.544. The van der Waals surface area contributed by atoms with E-state index in [2.05, 4.69) is 32.3 Å². The number of nitrogens with zero attached hydrogens (tertiary/aromatic N) is 6. The Morgan fingerprint density at radius 2 is 2.03 bits per heavy atom. The Morgan fingerprint density at radius 1 is 1.13 bits per heavy atom. The molecule has 5 rings (SSSR count). The highest BCUT2D eigenvalue weighted by Gasteiger charge is 2.23. The van der Waals surface area contributed by atoms with Gasteiger partial charge in [0.25, 0.3) is 0 Å². The Labute approximate surface area is 177 Å². The highest BCUT2D eigenvalue weighted by atomic mass is 35.5. The van der Waals surface area contributed by atoms with E-state index in [4.69, 9.17) is 16.6 Å². The summed E-state index contributed by atoms with van der Waals surface area (Å²) in [7, 11) is 0. The molecular weight excluding hydrogens is 405 g/mol. The fourth-order valence-electron chi connectivity index (χ4n) is 3.80. The van der Waals surface area contributed by atoms with Crippen molar-refractivity contribution in [3.05, 3.63) is 59.6 Å². The summed E-state index contributed by atoms with van der Waals surface area (Å²) in [5.41, 5.74) is 2.28. The molecule has 1 fully saturated rings. The Morgan fingerprint density at radius 3 is 2.83 bits per heavy atom. The summed E-state index contributed by atoms with van der Waals surface area (Å²) in [5, 5.41) is 11.7. The molecule has 0 saturated carbocycles. The molecule has 1 unspecified atom stereocenters. The third-order valence-electron chi connectivity index (χ3n) is 5.28. The van der Waals surface area contributed by atoms with E-state index in [-0.39, 0.29) is 0 Å². The van der Waals surface area contributed by atoms with Crippen LogP contribution in [-0.2, 0) is 0 Å². The number of aromatic nitrogens is 5. The molecule has 4 heterocycles. The lowest BCUT2D eigenvalue weighted by atomic mass is 10.2. The average molecular weight is 424 g/mol. The van der Waals surface area contributed by atoms with Gasteiger partial charge in [0, 0.05) is 30.7 Å². The van der Waals surface area contributed by atoms with Gasteiger partial charge in [-0.1, -0.05) is 11.6 Å². The van der Waals surface area contributed by atoms with Gasteiger partial charge in [0.15, 0.2) is 5.65 Å². The standard InChI is InChI=1S/C21H19ClFN7/c1-13-11-24-8-9-29(13)19-5-4-18-21(28-19)30(15-6-7-25-26-12-15)20(27-18)16-10-14(22)2-3-17(16)23/h2-7,10,12-13,24H,8-9,11H2,1H3. The van der Waals surface area contributed by atoms with E-state index in [9.17, 15) is 4.39 Å². The first-order chi connectivity index (χ1) is 14.6. The number of hydrogen-bond acceptors (Lipinski definition) is 6. The Bertz CT molecular complexity index is 1210. The zero-order valence-corrected chi connectivity index (χ0v) is 17.0. The van der Waals surface area contributed by atoms with Crippen molar-refractivity contribution in [2.75, 3.05) is 24.5 Å². The number of pyridine rings is 1. The molecule has 7 nitrogen and oxygen atoms in total. The maximum atomic E-state index is 14.7. The van der Waals surface area contributed by atoms with E-state index in [0.29, 0.717) is 39.3 Å². The first-order valence-electron chi connectivity index (χ1n) is 9.71. The first kappa shape index (κ1) is 18.9. The molecule has 0 aliphatic carbocycles. The normalized spacial score (nSPS) is 16.9. The first-order valence-corrected chi connectivity index (χ1v) is 10.1. The predicted octanol–water partition coefficient (Wildman–Crippen LogP) is 3.47. The highest BCUT2D eigenvalue weighted by Crippen LogP contribution is 2.32. The minimum absolute atomic E-state index is 0.300. The number of imidazole rings is 1. The van der Waals surface area contributed by atoms with Crippen LogP contribution >= 0.6 is 11.6 Å². The summed E-state index contributed by atoms with van der Waals surface area (Å²) in [6.07, 6.45) is 3.19. The molecule has 4 aromatic rings. The summed E-state index contributed by atoms with van der Waals surface area (Å²) in [4.78, 5) is 11.9. The molecule has 0 amide bonds. The third kappa shape index (κ3) is 3.28. The lowest BCUT2D eigenvalue weighted by molar-refractivity contribution is 0.497. The van der Waals surface area contributed by atoms with E-state index in [1.165, 1.54) is 12.1 Å². The number of nitrogens with one attached hydrogen (secondary N) is 1. The Balaban J connectivity index is 1.75. The van der Waals surface area contributed by atoms with Gasteiger partial charge < -0.3 is 10.2 Å². The number of hydrogen-bond donors (Lipinski definition) is 1. The molecule has 1 atom stereocenters. The van der Waals surface area contributed by atoms with Crippen LogP contribution in [0.3, 0.4) is 0 Å². The molecule has 1 aromatic carbocycles. The van der Waals surface area contributed by atoms with Crippen molar-refractivity contribution in [3.8, 4) is 17.1 Å². The van der Waals surface area contributed by atoms with Crippen LogP contribution in [0, 0.1) is 5.82 Å². The van der Waals surface area contributed by atoms with Gasteiger partial charge in [0.1, 0.15) is 23.0 Å². The van der Waals surface area contributed by atoms with E-state index < -0.39 is 5.82 Å². The van der Waals surface area contributed by atoms with Crippen molar-refractivity contribution in [1.82, 2.24) is 30.0 Å². The van der Waals surface area contributed by atoms with Gasteiger partial charge in [-0.25, -0.2) is 14.4 Å². The molecular formula is C21H19ClFN7. The number of fused-ring (bicyclic) bond motifs is 1. The molecule has 1 aliphatic heterocycles. The van der Waals surface area contributed by atoms with Crippen LogP contribution in [0.2, 0.25) is 5.02 Å². The lowest BCUT2D eigenvalue weighted by Crippen LogP contribution is -2.50. The molecule has 9 heteroatoms. The second kappa shape index (κ2) is 7.62. The fourth-order valence-corrected chi connectivity index (χ4v) is 3.97.